The van der Waals surface area contributed by atoms with Gasteiger partial charge >= 0.3 is 11.9 Å². The molecular formula is C29H43NO8. The van der Waals surface area contributed by atoms with Gasteiger partial charge in [0.15, 0.2) is 6.29 Å². The Bertz CT molecular complexity index is 1010. The van der Waals surface area contributed by atoms with Crippen molar-refractivity contribution >= 4 is 22.8 Å². The average molecular weight is 534 g/mol. The predicted octanol–water partition coefficient (Wildman–Crippen LogP) is 4.94. The number of unbranched alkanes of at least 4 members (excludes halogenated alkanes) is 6. The van der Waals surface area contributed by atoms with Crippen molar-refractivity contribution in [1.29, 1.82) is 0 Å². The summed E-state index contributed by atoms with van der Waals surface area (Å²) < 4.78 is 17.6. The molecule has 1 aliphatic rings. The second-order valence-corrected chi connectivity index (χ2v) is 10.5. The van der Waals surface area contributed by atoms with E-state index in [1.807, 2.05) is 38.1 Å². The third kappa shape index (κ3) is 9.38. The number of hydrogen-bond donors (Lipinski definition) is 4. The molecule has 9 nitrogen and oxygen atoms in total. The van der Waals surface area contributed by atoms with E-state index in [1.165, 1.54) is 0 Å². The van der Waals surface area contributed by atoms with Crippen molar-refractivity contribution in [3.63, 3.8) is 0 Å². The van der Waals surface area contributed by atoms with Crippen LogP contribution < -0.4 is 0 Å². The summed E-state index contributed by atoms with van der Waals surface area (Å²) in [5.74, 6) is -1.40. The number of rotatable bonds is 16. The van der Waals surface area contributed by atoms with E-state index in [0.717, 1.165) is 62.3 Å². The van der Waals surface area contributed by atoms with E-state index in [4.69, 9.17) is 19.3 Å². The van der Waals surface area contributed by atoms with Crippen LogP contribution in [-0.4, -0.2) is 69.1 Å². The minimum atomic E-state index is -0.957. The van der Waals surface area contributed by atoms with Gasteiger partial charge in [-0.25, -0.2) is 4.79 Å². The van der Waals surface area contributed by atoms with Crippen molar-refractivity contribution in [2.75, 3.05) is 0 Å². The van der Waals surface area contributed by atoms with Crippen LogP contribution in [0.25, 0.3) is 10.9 Å². The molecule has 212 valence electrons. The first-order valence-electron chi connectivity index (χ1n) is 13.9. The van der Waals surface area contributed by atoms with Gasteiger partial charge in [0, 0.05) is 23.5 Å². The second kappa shape index (κ2) is 15.2. The Kier molecular flexibility index (Phi) is 12.0. The van der Waals surface area contributed by atoms with Gasteiger partial charge in [-0.05, 0) is 32.8 Å². The molecule has 0 aliphatic carbocycles. The van der Waals surface area contributed by atoms with Gasteiger partial charge in [-0.2, -0.15) is 0 Å². The summed E-state index contributed by atoms with van der Waals surface area (Å²) in [5, 5.41) is 29.6. The number of ether oxygens (including phenoxy) is 3. The van der Waals surface area contributed by atoms with E-state index >= 15 is 0 Å². The van der Waals surface area contributed by atoms with Crippen molar-refractivity contribution < 1.29 is 39.1 Å². The Morgan fingerprint density at radius 3 is 2.45 bits per heavy atom. The maximum atomic E-state index is 12.8. The molecule has 1 fully saturated rings. The quantitative estimate of drug-likeness (QED) is 0.176. The lowest BCUT2D eigenvalue weighted by Crippen LogP contribution is -2.49. The number of esters is 1. The van der Waals surface area contributed by atoms with Gasteiger partial charge in [-0.15, -0.1) is 0 Å². The van der Waals surface area contributed by atoms with Gasteiger partial charge in [0.2, 0.25) is 0 Å². The van der Waals surface area contributed by atoms with Gasteiger partial charge in [-0.1, -0.05) is 63.1 Å². The van der Waals surface area contributed by atoms with Crippen molar-refractivity contribution in [3.05, 3.63) is 36.0 Å². The van der Waals surface area contributed by atoms with Crippen LogP contribution in [0.2, 0.25) is 0 Å². The number of carboxylic acids is 1. The highest BCUT2D eigenvalue weighted by molar-refractivity contribution is 6.04. The molecular weight excluding hydrogens is 490 g/mol. The molecule has 1 saturated heterocycles. The highest BCUT2D eigenvalue weighted by Gasteiger charge is 2.38. The minimum Gasteiger partial charge on any atom is -0.481 e. The van der Waals surface area contributed by atoms with Crippen LogP contribution >= 0.6 is 0 Å². The number of fused-ring (bicyclic) bond motifs is 1. The van der Waals surface area contributed by atoms with Crippen LogP contribution in [0.4, 0.5) is 0 Å². The molecule has 0 bridgehead atoms. The van der Waals surface area contributed by atoms with Gasteiger partial charge < -0.3 is 34.5 Å². The van der Waals surface area contributed by atoms with E-state index in [2.05, 4.69) is 4.98 Å². The molecule has 1 aliphatic heterocycles. The van der Waals surface area contributed by atoms with E-state index in [0.29, 0.717) is 12.0 Å². The summed E-state index contributed by atoms with van der Waals surface area (Å²) in [7, 11) is 0. The van der Waals surface area contributed by atoms with Crippen LogP contribution in [0, 0.1) is 0 Å². The van der Waals surface area contributed by atoms with Gasteiger partial charge in [0.1, 0.15) is 12.2 Å². The van der Waals surface area contributed by atoms with Crippen LogP contribution in [0.1, 0.15) is 94.8 Å². The molecule has 0 spiro atoms. The number of carbonyl (C=O) groups excluding carboxylic acids is 1. The Morgan fingerprint density at radius 2 is 1.74 bits per heavy atom. The first-order valence-corrected chi connectivity index (χ1v) is 13.9. The van der Waals surface area contributed by atoms with Gasteiger partial charge in [0.05, 0.1) is 30.3 Å². The lowest BCUT2D eigenvalue weighted by molar-refractivity contribution is -0.273. The smallest absolute Gasteiger partial charge is 0.340 e. The number of H-pyrrole nitrogens is 1. The average Bonchev–Trinajstić information content (AvgIpc) is 3.30. The normalized spacial score (nSPS) is 23.3. The number of nitrogens with one attached hydrogen (secondary N) is 1. The Morgan fingerprint density at radius 1 is 1.08 bits per heavy atom. The zero-order valence-electron chi connectivity index (χ0n) is 22.5. The maximum absolute atomic E-state index is 12.8. The molecule has 4 N–H and O–H groups in total. The first kappa shape index (κ1) is 30.1. The lowest BCUT2D eigenvalue weighted by Gasteiger charge is -2.38. The second-order valence-electron chi connectivity index (χ2n) is 10.5. The molecule has 0 amide bonds. The molecule has 0 radical (unpaired) electrons. The number of benzene rings is 1. The first-order chi connectivity index (χ1) is 18.2. The maximum Gasteiger partial charge on any atom is 0.340 e. The van der Waals surface area contributed by atoms with Crippen molar-refractivity contribution in [1.82, 2.24) is 4.98 Å². The fraction of sp³-hybridized carbons (Fsp3) is 0.655. The van der Waals surface area contributed by atoms with E-state index in [9.17, 15) is 19.8 Å². The molecule has 3 rings (SSSR count). The van der Waals surface area contributed by atoms with Crippen molar-refractivity contribution in [3.8, 4) is 0 Å². The SMILES string of the molecule is CC(CCCCCCCCCC(O)CC(=O)O)OC1OC(C)C(OC(=O)c2c[nH]c3ccccc23)CC1O. The van der Waals surface area contributed by atoms with E-state index in [-0.39, 0.29) is 18.9 Å². The number of aliphatic hydroxyl groups is 2. The van der Waals surface area contributed by atoms with Crippen LogP contribution in [0.3, 0.4) is 0 Å². The molecule has 6 atom stereocenters. The zero-order chi connectivity index (χ0) is 27.5. The highest BCUT2D eigenvalue weighted by Crippen LogP contribution is 2.27. The Hall–Kier alpha value is -2.46. The highest BCUT2D eigenvalue weighted by atomic mass is 16.7. The Labute approximate surface area is 224 Å². The molecule has 6 unspecified atom stereocenters. The van der Waals surface area contributed by atoms with E-state index < -0.39 is 42.6 Å². The van der Waals surface area contributed by atoms with Crippen molar-refractivity contribution in [2.24, 2.45) is 0 Å². The summed E-state index contributed by atoms with van der Waals surface area (Å²) in [6.45, 7) is 3.80. The van der Waals surface area contributed by atoms with Gasteiger partial charge in [0.25, 0.3) is 0 Å². The zero-order valence-corrected chi connectivity index (χ0v) is 22.5. The summed E-state index contributed by atoms with van der Waals surface area (Å²) in [5.41, 5.74) is 1.32. The number of aliphatic hydroxyl groups excluding tert-OH is 2. The topological polar surface area (TPSA) is 138 Å². The summed E-state index contributed by atoms with van der Waals surface area (Å²) in [6, 6.07) is 7.53. The molecule has 2 heterocycles. The monoisotopic (exact) mass is 533 g/mol. The molecule has 2 aromatic rings. The fourth-order valence-electron chi connectivity index (χ4n) is 4.93. The summed E-state index contributed by atoms with van der Waals surface area (Å²) in [6.07, 6.45) is 6.97. The van der Waals surface area contributed by atoms with Crippen LogP contribution in [-0.2, 0) is 19.0 Å². The van der Waals surface area contributed by atoms with Gasteiger partial charge in [-0.3, -0.25) is 4.79 Å². The number of aliphatic carboxylic acids is 1. The summed E-state index contributed by atoms with van der Waals surface area (Å²) >= 11 is 0. The molecule has 1 aromatic heterocycles. The predicted molar refractivity (Wildman–Crippen MR) is 143 cm³/mol. The number of carbonyl (C=O) groups is 2. The third-order valence-electron chi connectivity index (χ3n) is 7.15. The Balaban J connectivity index is 1.28. The number of para-hydroxylation sites is 1. The van der Waals surface area contributed by atoms with E-state index in [1.54, 1.807) is 6.20 Å². The molecule has 38 heavy (non-hydrogen) atoms. The standard InChI is InChI=1S/C29H43NO8/c1-19(12-8-6-4-3-5-7-9-13-21(31)16-27(33)34)36-29-25(32)17-26(20(2)37-29)38-28(35)23-18-30-24-15-11-10-14-22(23)24/h10-11,14-15,18-21,25-26,29-32H,3-9,12-13,16-17H2,1-2H3,(H,33,34). The molecule has 1 aromatic carbocycles. The number of carboxylic acid groups (broad SMARTS) is 1. The van der Waals surface area contributed by atoms with Crippen LogP contribution in [0.15, 0.2) is 30.5 Å². The summed E-state index contributed by atoms with van der Waals surface area (Å²) in [4.78, 5) is 26.4. The fourth-order valence-corrected chi connectivity index (χ4v) is 4.93. The molecule has 9 heteroatoms. The van der Waals surface area contributed by atoms with Crippen molar-refractivity contribution in [2.45, 2.75) is 121 Å². The minimum absolute atomic E-state index is 0.0668. The number of hydrogen-bond acceptors (Lipinski definition) is 7. The third-order valence-corrected chi connectivity index (χ3v) is 7.15. The molecule has 0 saturated carbocycles. The largest absolute Gasteiger partial charge is 0.481 e. The number of aromatic amines is 1. The van der Waals surface area contributed by atoms with Crippen LogP contribution in [0.5, 0.6) is 0 Å². The lowest BCUT2D eigenvalue weighted by atomic mass is 10.0. The number of aromatic nitrogens is 1.